The molecule has 18 heavy (non-hydrogen) atoms. The highest BCUT2D eigenvalue weighted by molar-refractivity contribution is 7.90. The van der Waals surface area contributed by atoms with Crippen LogP contribution in [0.25, 0.3) is 0 Å². The van der Waals surface area contributed by atoms with Gasteiger partial charge >= 0.3 is 5.03 Å². The number of benzene rings is 1. The van der Waals surface area contributed by atoms with E-state index in [9.17, 15) is 9.76 Å². The lowest BCUT2D eigenvalue weighted by Crippen LogP contribution is -2.33. The lowest BCUT2D eigenvalue weighted by atomic mass is 10.2. The van der Waals surface area contributed by atoms with Crippen LogP contribution in [0.1, 0.15) is 11.1 Å². The number of hydrogen-bond acceptors (Lipinski definition) is 3. The average Bonchev–Trinajstić information content (AvgIpc) is 2.40. The SMILES string of the molecule is N#Cc1ccc(C[S+]([O-])c2cccc[n+]2[O-])cc1. The summed E-state index contributed by atoms with van der Waals surface area (Å²) in [6.07, 6.45) is 1.33. The standard InChI is InChI=1S/C13H10N2O2S/c14-9-11-4-6-12(7-5-11)10-18(17)13-3-1-2-8-15(13)16/h1-8H,10H2. The van der Waals surface area contributed by atoms with Crippen molar-refractivity contribution in [2.45, 2.75) is 10.8 Å². The Morgan fingerprint density at radius 3 is 2.50 bits per heavy atom. The molecule has 2 rings (SSSR count). The van der Waals surface area contributed by atoms with Crippen molar-refractivity contribution in [2.24, 2.45) is 0 Å². The highest BCUT2D eigenvalue weighted by Crippen LogP contribution is 2.13. The largest absolute Gasteiger partial charge is 0.615 e. The van der Waals surface area contributed by atoms with Gasteiger partial charge in [0.05, 0.1) is 28.9 Å². The molecule has 1 heterocycles. The van der Waals surface area contributed by atoms with Crippen molar-refractivity contribution in [3.63, 3.8) is 0 Å². The number of pyridine rings is 1. The first kappa shape index (κ1) is 12.4. The summed E-state index contributed by atoms with van der Waals surface area (Å²) in [5.41, 5.74) is 1.39. The van der Waals surface area contributed by atoms with Crippen LogP contribution < -0.4 is 4.73 Å². The summed E-state index contributed by atoms with van der Waals surface area (Å²) < 4.78 is 12.6. The van der Waals surface area contributed by atoms with Crippen molar-refractivity contribution in [2.75, 3.05) is 0 Å². The highest BCUT2D eigenvalue weighted by atomic mass is 32.2. The van der Waals surface area contributed by atoms with Crippen LogP contribution in [0, 0.1) is 16.5 Å². The van der Waals surface area contributed by atoms with Crippen LogP contribution in [0.3, 0.4) is 0 Å². The summed E-state index contributed by atoms with van der Waals surface area (Å²) >= 11 is -1.39. The quantitative estimate of drug-likeness (QED) is 0.475. The van der Waals surface area contributed by atoms with E-state index in [1.807, 2.05) is 6.07 Å². The van der Waals surface area contributed by atoms with Crippen LogP contribution in [0.4, 0.5) is 0 Å². The van der Waals surface area contributed by atoms with Crippen LogP contribution in [-0.2, 0) is 16.9 Å². The van der Waals surface area contributed by atoms with Crippen LogP contribution in [-0.4, -0.2) is 4.55 Å². The highest BCUT2D eigenvalue weighted by Gasteiger charge is 2.20. The Kier molecular flexibility index (Phi) is 3.82. The summed E-state index contributed by atoms with van der Waals surface area (Å²) in [6.45, 7) is 0. The van der Waals surface area contributed by atoms with E-state index in [1.54, 1.807) is 42.5 Å². The number of rotatable bonds is 3. The summed E-state index contributed by atoms with van der Waals surface area (Å²) in [6, 6.07) is 13.7. The molecule has 1 atom stereocenters. The van der Waals surface area contributed by atoms with Crippen molar-refractivity contribution < 1.29 is 9.28 Å². The summed E-state index contributed by atoms with van der Waals surface area (Å²) in [7, 11) is 0. The predicted octanol–water partition coefficient (Wildman–Crippen LogP) is 1.50. The molecule has 0 fully saturated rings. The Bertz CT molecular complexity index is 578. The smallest absolute Gasteiger partial charge is 0.393 e. The normalized spacial score (nSPS) is 11.8. The first-order valence-electron chi connectivity index (χ1n) is 5.26. The lowest BCUT2D eigenvalue weighted by molar-refractivity contribution is -0.646. The maximum atomic E-state index is 12.0. The molecule has 2 aromatic rings. The molecule has 1 unspecified atom stereocenters. The Hall–Kier alpha value is -2.03. The molecule has 90 valence electrons. The molecule has 0 aliphatic heterocycles. The minimum Gasteiger partial charge on any atom is -0.615 e. The molecule has 0 bridgehead atoms. The third-order valence-corrected chi connectivity index (χ3v) is 3.78. The van der Waals surface area contributed by atoms with Gasteiger partial charge in [-0.25, -0.2) is 0 Å². The molecular weight excluding hydrogens is 248 g/mol. The van der Waals surface area contributed by atoms with Crippen molar-refractivity contribution in [3.05, 3.63) is 65.0 Å². The van der Waals surface area contributed by atoms with Gasteiger partial charge in [-0.2, -0.15) is 5.26 Å². The van der Waals surface area contributed by atoms with E-state index in [2.05, 4.69) is 0 Å². The van der Waals surface area contributed by atoms with Gasteiger partial charge in [-0.15, -0.1) is 4.73 Å². The lowest BCUT2D eigenvalue weighted by Gasteiger charge is -2.09. The molecule has 0 radical (unpaired) electrons. The van der Waals surface area contributed by atoms with Gasteiger partial charge in [-0.1, -0.05) is 12.1 Å². The molecule has 1 aromatic carbocycles. The Morgan fingerprint density at radius 1 is 1.17 bits per heavy atom. The molecule has 0 spiro atoms. The zero-order chi connectivity index (χ0) is 13.0. The molecule has 0 aliphatic carbocycles. The average molecular weight is 258 g/mol. The van der Waals surface area contributed by atoms with E-state index >= 15 is 0 Å². The molecule has 0 aliphatic rings. The fraction of sp³-hybridized carbons (Fsp3) is 0.0769. The number of nitriles is 1. The number of aromatic nitrogens is 1. The molecular formula is C13H10N2O2S. The van der Waals surface area contributed by atoms with Gasteiger partial charge in [0.1, 0.15) is 5.75 Å². The Labute approximate surface area is 108 Å². The molecule has 1 aromatic heterocycles. The van der Waals surface area contributed by atoms with E-state index in [4.69, 9.17) is 5.26 Å². The molecule has 0 amide bonds. The van der Waals surface area contributed by atoms with Crippen molar-refractivity contribution >= 4 is 11.2 Å². The fourth-order valence-electron chi connectivity index (χ4n) is 1.49. The van der Waals surface area contributed by atoms with Crippen LogP contribution in [0.2, 0.25) is 0 Å². The minimum atomic E-state index is -1.39. The van der Waals surface area contributed by atoms with Crippen LogP contribution in [0.5, 0.6) is 0 Å². The van der Waals surface area contributed by atoms with Gasteiger partial charge < -0.3 is 9.76 Å². The molecule has 5 heteroatoms. The Morgan fingerprint density at radius 2 is 1.89 bits per heavy atom. The summed E-state index contributed by atoms with van der Waals surface area (Å²) in [5.74, 6) is 0.262. The first-order chi connectivity index (χ1) is 8.70. The molecule has 0 saturated heterocycles. The van der Waals surface area contributed by atoms with Crippen molar-refractivity contribution in [1.29, 1.82) is 5.26 Å². The van der Waals surface area contributed by atoms with Gasteiger partial charge in [0.15, 0.2) is 6.20 Å². The maximum Gasteiger partial charge on any atom is 0.393 e. The van der Waals surface area contributed by atoms with E-state index in [0.717, 1.165) is 5.56 Å². The second-order valence-electron chi connectivity index (χ2n) is 3.66. The second kappa shape index (κ2) is 5.54. The fourth-order valence-corrected chi connectivity index (χ4v) is 2.62. The topological polar surface area (TPSA) is 73.8 Å². The van der Waals surface area contributed by atoms with E-state index in [-0.39, 0.29) is 10.8 Å². The third-order valence-electron chi connectivity index (χ3n) is 2.40. The number of hydrogen-bond donors (Lipinski definition) is 0. The second-order valence-corrected chi connectivity index (χ2v) is 5.06. The van der Waals surface area contributed by atoms with E-state index in [0.29, 0.717) is 10.3 Å². The van der Waals surface area contributed by atoms with Crippen LogP contribution in [0.15, 0.2) is 53.7 Å². The molecule has 0 N–H and O–H groups in total. The van der Waals surface area contributed by atoms with Crippen LogP contribution >= 0.6 is 0 Å². The van der Waals surface area contributed by atoms with Crippen molar-refractivity contribution in [3.8, 4) is 6.07 Å². The zero-order valence-electron chi connectivity index (χ0n) is 9.45. The summed E-state index contributed by atoms with van der Waals surface area (Å²) in [4.78, 5) is 0. The minimum absolute atomic E-state index is 0.238. The maximum absolute atomic E-state index is 12.0. The number of nitrogens with zero attached hydrogens (tertiary/aromatic N) is 2. The summed E-state index contributed by atoms with van der Waals surface area (Å²) in [5, 5.41) is 20.3. The van der Waals surface area contributed by atoms with Gasteiger partial charge in [0.2, 0.25) is 0 Å². The molecule has 0 saturated carbocycles. The predicted molar refractivity (Wildman–Crippen MR) is 66.7 cm³/mol. The van der Waals surface area contributed by atoms with Gasteiger partial charge in [-0.3, -0.25) is 0 Å². The first-order valence-corrected chi connectivity index (χ1v) is 6.58. The third kappa shape index (κ3) is 2.80. The zero-order valence-corrected chi connectivity index (χ0v) is 10.3. The van der Waals surface area contributed by atoms with Gasteiger partial charge in [0, 0.05) is 11.6 Å². The van der Waals surface area contributed by atoms with E-state index < -0.39 is 11.2 Å². The van der Waals surface area contributed by atoms with Gasteiger partial charge in [-0.05, 0) is 18.2 Å². The monoisotopic (exact) mass is 258 g/mol. The molecule has 4 nitrogen and oxygen atoms in total. The van der Waals surface area contributed by atoms with E-state index in [1.165, 1.54) is 6.20 Å². The van der Waals surface area contributed by atoms with Gasteiger partial charge in [0.25, 0.3) is 0 Å². The van der Waals surface area contributed by atoms with Crippen molar-refractivity contribution in [1.82, 2.24) is 0 Å². The Balaban J connectivity index is 2.14.